The first-order chi connectivity index (χ1) is 10.3. The van der Waals surface area contributed by atoms with Crippen LogP contribution < -0.4 is 0 Å². The summed E-state index contributed by atoms with van der Waals surface area (Å²) >= 11 is 0. The first kappa shape index (κ1) is 17.7. The summed E-state index contributed by atoms with van der Waals surface area (Å²) < 4.78 is 6.92. The number of esters is 1. The molecule has 0 aliphatic rings. The molecule has 0 saturated carbocycles. The Hall–Kier alpha value is -1.32. The minimum atomic E-state index is -0.177. The third-order valence-electron chi connectivity index (χ3n) is 3.63. The molecule has 1 aromatic heterocycles. The number of imidazole rings is 1. The number of unbranched alkanes of at least 4 members (excludes halogenated alkanes) is 9. The van der Waals surface area contributed by atoms with E-state index < -0.39 is 0 Å². The van der Waals surface area contributed by atoms with E-state index in [1.165, 1.54) is 51.4 Å². The lowest BCUT2D eigenvalue weighted by Gasteiger charge is -2.05. The van der Waals surface area contributed by atoms with Crippen LogP contribution in [0.25, 0.3) is 0 Å². The smallest absolute Gasteiger partial charge is 0.325 e. The first-order valence-corrected chi connectivity index (χ1v) is 8.44. The lowest BCUT2D eigenvalue weighted by atomic mass is 10.1. The van der Waals surface area contributed by atoms with Gasteiger partial charge in [-0.05, 0) is 6.42 Å². The van der Waals surface area contributed by atoms with Crippen LogP contribution in [0.5, 0.6) is 0 Å². The SMILES string of the molecule is CCCCCCCCCCCCOC(=O)Cn1ccnc1. The summed E-state index contributed by atoms with van der Waals surface area (Å²) in [5.74, 6) is -0.177. The number of ether oxygens (including phenoxy) is 1. The van der Waals surface area contributed by atoms with Crippen molar-refractivity contribution in [2.24, 2.45) is 0 Å². The molecule has 4 heteroatoms. The molecular weight excluding hydrogens is 264 g/mol. The van der Waals surface area contributed by atoms with Gasteiger partial charge in [0.05, 0.1) is 12.9 Å². The highest BCUT2D eigenvalue weighted by Gasteiger charge is 2.03. The van der Waals surface area contributed by atoms with Crippen molar-refractivity contribution in [3.05, 3.63) is 18.7 Å². The zero-order valence-electron chi connectivity index (χ0n) is 13.4. The summed E-state index contributed by atoms with van der Waals surface area (Å²) in [4.78, 5) is 15.4. The number of rotatable bonds is 13. The largest absolute Gasteiger partial charge is 0.464 e. The van der Waals surface area contributed by atoms with Crippen molar-refractivity contribution in [3.8, 4) is 0 Å². The van der Waals surface area contributed by atoms with Gasteiger partial charge in [0.25, 0.3) is 0 Å². The summed E-state index contributed by atoms with van der Waals surface area (Å²) in [6, 6.07) is 0. The fourth-order valence-corrected chi connectivity index (χ4v) is 2.35. The van der Waals surface area contributed by atoms with Crippen LogP contribution in [-0.4, -0.2) is 22.1 Å². The molecule has 0 unspecified atom stereocenters. The van der Waals surface area contributed by atoms with E-state index in [2.05, 4.69) is 11.9 Å². The second-order valence-electron chi connectivity index (χ2n) is 5.64. The molecule has 0 aromatic carbocycles. The Kier molecular flexibility index (Phi) is 10.5. The fraction of sp³-hybridized carbons (Fsp3) is 0.765. The van der Waals surface area contributed by atoms with E-state index in [-0.39, 0.29) is 12.5 Å². The van der Waals surface area contributed by atoms with Crippen LogP contribution in [0, 0.1) is 0 Å². The Labute approximate surface area is 128 Å². The van der Waals surface area contributed by atoms with Crippen molar-refractivity contribution in [2.45, 2.75) is 77.7 Å². The van der Waals surface area contributed by atoms with Gasteiger partial charge in [-0.15, -0.1) is 0 Å². The van der Waals surface area contributed by atoms with Gasteiger partial charge in [-0.25, -0.2) is 4.98 Å². The van der Waals surface area contributed by atoms with Gasteiger partial charge in [0, 0.05) is 12.4 Å². The van der Waals surface area contributed by atoms with Gasteiger partial charge in [-0.3, -0.25) is 4.79 Å². The maximum absolute atomic E-state index is 11.5. The normalized spacial score (nSPS) is 10.7. The topological polar surface area (TPSA) is 44.1 Å². The van der Waals surface area contributed by atoms with Crippen molar-refractivity contribution in [3.63, 3.8) is 0 Å². The number of aromatic nitrogens is 2. The Morgan fingerprint density at radius 3 is 2.19 bits per heavy atom. The van der Waals surface area contributed by atoms with E-state index in [4.69, 9.17) is 4.74 Å². The molecule has 1 heterocycles. The number of carbonyl (C=O) groups excluding carboxylic acids is 1. The third-order valence-corrected chi connectivity index (χ3v) is 3.63. The van der Waals surface area contributed by atoms with Crippen LogP contribution in [0.15, 0.2) is 18.7 Å². The maximum atomic E-state index is 11.5. The zero-order chi connectivity index (χ0) is 15.2. The van der Waals surface area contributed by atoms with Crippen molar-refractivity contribution in [2.75, 3.05) is 6.61 Å². The lowest BCUT2D eigenvalue weighted by Crippen LogP contribution is -2.13. The van der Waals surface area contributed by atoms with Gasteiger partial charge < -0.3 is 9.30 Å². The molecule has 120 valence electrons. The first-order valence-electron chi connectivity index (χ1n) is 8.44. The monoisotopic (exact) mass is 294 g/mol. The van der Waals surface area contributed by atoms with Gasteiger partial charge >= 0.3 is 5.97 Å². The van der Waals surface area contributed by atoms with E-state index >= 15 is 0 Å². The molecule has 0 N–H and O–H groups in total. The minimum absolute atomic E-state index is 0.177. The lowest BCUT2D eigenvalue weighted by molar-refractivity contribution is -0.144. The summed E-state index contributed by atoms with van der Waals surface area (Å²) in [6.45, 7) is 3.06. The Balaban J connectivity index is 1.81. The van der Waals surface area contributed by atoms with Gasteiger partial charge in [0.2, 0.25) is 0 Å². The predicted octanol–water partition coefficient (Wildman–Crippen LogP) is 4.35. The van der Waals surface area contributed by atoms with Crippen molar-refractivity contribution < 1.29 is 9.53 Å². The van der Waals surface area contributed by atoms with Gasteiger partial charge in [0.15, 0.2) is 0 Å². The highest BCUT2D eigenvalue weighted by atomic mass is 16.5. The minimum Gasteiger partial charge on any atom is -0.464 e. The highest BCUT2D eigenvalue weighted by molar-refractivity contribution is 5.69. The maximum Gasteiger partial charge on any atom is 0.325 e. The van der Waals surface area contributed by atoms with Crippen LogP contribution in [-0.2, 0) is 16.1 Å². The Morgan fingerprint density at radius 2 is 1.62 bits per heavy atom. The van der Waals surface area contributed by atoms with Gasteiger partial charge in [-0.1, -0.05) is 64.7 Å². The van der Waals surface area contributed by atoms with Gasteiger partial charge in [-0.2, -0.15) is 0 Å². The molecule has 0 saturated heterocycles. The molecule has 1 rings (SSSR count). The number of hydrogen-bond donors (Lipinski definition) is 0. The van der Waals surface area contributed by atoms with E-state index in [1.807, 2.05) is 0 Å². The van der Waals surface area contributed by atoms with Crippen LogP contribution in [0.4, 0.5) is 0 Å². The molecule has 0 spiro atoms. The van der Waals surface area contributed by atoms with E-state index in [0.717, 1.165) is 12.8 Å². The number of carbonyl (C=O) groups is 1. The molecule has 21 heavy (non-hydrogen) atoms. The van der Waals surface area contributed by atoms with E-state index in [1.54, 1.807) is 23.3 Å². The fourth-order valence-electron chi connectivity index (χ4n) is 2.35. The predicted molar refractivity (Wildman–Crippen MR) is 85.0 cm³/mol. The van der Waals surface area contributed by atoms with Crippen molar-refractivity contribution in [1.82, 2.24) is 9.55 Å². The number of nitrogens with zero attached hydrogens (tertiary/aromatic N) is 2. The van der Waals surface area contributed by atoms with Crippen molar-refractivity contribution in [1.29, 1.82) is 0 Å². The molecule has 0 amide bonds. The van der Waals surface area contributed by atoms with Crippen LogP contribution in [0.3, 0.4) is 0 Å². The van der Waals surface area contributed by atoms with E-state index in [0.29, 0.717) is 6.61 Å². The van der Waals surface area contributed by atoms with Crippen LogP contribution >= 0.6 is 0 Å². The van der Waals surface area contributed by atoms with Crippen LogP contribution in [0.2, 0.25) is 0 Å². The molecule has 0 atom stereocenters. The summed E-state index contributed by atoms with van der Waals surface area (Å²) in [7, 11) is 0. The molecule has 0 radical (unpaired) electrons. The average molecular weight is 294 g/mol. The molecular formula is C17H30N2O2. The molecule has 0 fully saturated rings. The van der Waals surface area contributed by atoms with Gasteiger partial charge in [0.1, 0.15) is 6.54 Å². The summed E-state index contributed by atoms with van der Waals surface area (Å²) in [6.07, 6.45) is 18.0. The Morgan fingerprint density at radius 1 is 1.00 bits per heavy atom. The molecule has 4 nitrogen and oxygen atoms in total. The highest BCUT2D eigenvalue weighted by Crippen LogP contribution is 2.10. The van der Waals surface area contributed by atoms with Crippen LogP contribution in [0.1, 0.15) is 71.1 Å². The second-order valence-corrected chi connectivity index (χ2v) is 5.64. The average Bonchev–Trinajstić information content (AvgIpc) is 2.97. The molecule has 1 aromatic rings. The summed E-state index contributed by atoms with van der Waals surface area (Å²) in [5.41, 5.74) is 0. The third kappa shape index (κ3) is 10.1. The van der Waals surface area contributed by atoms with Crippen molar-refractivity contribution >= 4 is 5.97 Å². The molecule has 0 aliphatic carbocycles. The molecule has 0 aliphatic heterocycles. The zero-order valence-corrected chi connectivity index (χ0v) is 13.4. The second kappa shape index (κ2) is 12.4. The van der Waals surface area contributed by atoms with E-state index in [9.17, 15) is 4.79 Å². The summed E-state index contributed by atoms with van der Waals surface area (Å²) in [5, 5.41) is 0. The Bertz CT molecular complexity index is 350. The molecule has 0 bridgehead atoms. The number of hydrogen-bond acceptors (Lipinski definition) is 3. The quantitative estimate of drug-likeness (QED) is 0.401. The standard InChI is InChI=1S/C17H30N2O2/c1-2-3-4-5-6-7-8-9-10-11-14-21-17(20)15-19-13-12-18-16-19/h12-13,16H,2-11,14-15H2,1H3.